The Balaban J connectivity index is 0.00000290. The molecular weight excluding hydrogens is 560 g/mol. The molecule has 0 saturated carbocycles. The fourth-order valence-corrected chi connectivity index (χ4v) is 4.46. The first kappa shape index (κ1) is 41.0. The summed E-state index contributed by atoms with van der Waals surface area (Å²) in [5.41, 5.74) is 9.52. The number of hydrogen-bond donors (Lipinski definition) is 2. The Morgan fingerprint density at radius 2 is 1.57 bits per heavy atom. The van der Waals surface area contributed by atoms with Gasteiger partial charge in [-0.15, -0.1) is 0 Å². The smallest absolute Gasteiger partial charge is 0.431 e. The molecular formula is C34H62N4O6. The molecule has 10 heteroatoms. The first-order valence-corrected chi connectivity index (χ1v) is 16.4. The largest absolute Gasteiger partial charge is 0.487 e. The normalized spacial score (nSPS) is 17.6. The molecule has 0 spiro atoms. The van der Waals surface area contributed by atoms with E-state index in [1.807, 2.05) is 94.4 Å². The van der Waals surface area contributed by atoms with Crippen LogP contribution in [0.15, 0.2) is 23.2 Å². The van der Waals surface area contributed by atoms with Gasteiger partial charge in [-0.25, -0.2) is 9.59 Å². The van der Waals surface area contributed by atoms with E-state index in [0.29, 0.717) is 24.8 Å². The van der Waals surface area contributed by atoms with Crippen molar-refractivity contribution >= 4 is 18.0 Å². The van der Waals surface area contributed by atoms with Crippen LogP contribution in [0.3, 0.4) is 0 Å². The lowest BCUT2D eigenvalue weighted by molar-refractivity contribution is -0.0775. The van der Waals surface area contributed by atoms with E-state index in [2.05, 4.69) is 5.48 Å². The molecule has 0 radical (unpaired) electrons. The van der Waals surface area contributed by atoms with E-state index in [0.717, 1.165) is 36.1 Å². The Hall–Kier alpha value is -3.01. The van der Waals surface area contributed by atoms with Crippen LogP contribution in [-0.4, -0.2) is 65.5 Å². The van der Waals surface area contributed by atoms with Gasteiger partial charge in [0.05, 0.1) is 0 Å². The molecule has 2 heterocycles. The van der Waals surface area contributed by atoms with Gasteiger partial charge in [-0.05, 0) is 104 Å². The second kappa shape index (κ2) is 19.4. The molecule has 2 aliphatic heterocycles. The zero-order chi connectivity index (χ0) is 34.3. The summed E-state index contributed by atoms with van der Waals surface area (Å²) in [7, 11) is 0. The van der Waals surface area contributed by atoms with Gasteiger partial charge in [-0.2, -0.15) is 5.48 Å². The van der Waals surface area contributed by atoms with Gasteiger partial charge in [0.25, 0.3) is 0 Å². The number of carbonyl (C=O) groups is 2. The number of amides is 2. The summed E-state index contributed by atoms with van der Waals surface area (Å²) in [6, 6.07) is 5.87. The lowest BCUT2D eigenvalue weighted by Gasteiger charge is -2.40. The van der Waals surface area contributed by atoms with Crippen LogP contribution in [0.4, 0.5) is 9.59 Å². The third-order valence-electron chi connectivity index (χ3n) is 6.23. The molecule has 1 saturated heterocycles. The van der Waals surface area contributed by atoms with Crippen LogP contribution in [0.25, 0.3) is 0 Å². The highest BCUT2D eigenvalue weighted by Gasteiger charge is 2.34. The van der Waals surface area contributed by atoms with Crippen molar-refractivity contribution in [3.05, 3.63) is 29.3 Å². The molecule has 0 bridgehead atoms. The first-order chi connectivity index (χ1) is 20.6. The van der Waals surface area contributed by atoms with Crippen LogP contribution in [-0.2, 0) is 20.7 Å². The Kier molecular flexibility index (Phi) is 18.1. The van der Waals surface area contributed by atoms with Crippen molar-refractivity contribution < 1.29 is 28.6 Å². The van der Waals surface area contributed by atoms with Crippen molar-refractivity contribution in [3.8, 4) is 5.75 Å². The van der Waals surface area contributed by atoms with Crippen LogP contribution >= 0.6 is 0 Å². The van der Waals surface area contributed by atoms with Gasteiger partial charge in [-0.1, -0.05) is 41.5 Å². The van der Waals surface area contributed by atoms with Gasteiger partial charge in [0, 0.05) is 24.7 Å². The van der Waals surface area contributed by atoms with E-state index in [4.69, 9.17) is 29.8 Å². The summed E-state index contributed by atoms with van der Waals surface area (Å²) in [4.78, 5) is 35.9. The number of nitrogens with one attached hydrogen (secondary N) is 1. The predicted molar refractivity (Wildman–Crippen MR) is 179 cm³/mol. The van der Waals surface area contributed by atoms with Crippen molar-refractivity contribution in [3.63, 3.8) is 0 Å². The second-order valence-corrected chi connectivity index (χ2v) is 12.3. The van der Waals surface area contributed by atoms with E-state index in [9.17, 15) is 9.59 Å². The fourth-order valence-electron chi connectivity index (χ4n) is 4.46. The quantitative estimate of drug-likeness (QED) is 0.182. The highest BCUT2D eigenvalue weighted by atomic mass is 16.7. The van der Waals surface area contributed by atoms with Gasteiger partial charge in [-0.3, -0.25) is 9.83 Å². The first-order valence-electron chi connectivity index (χ1n) is 16.4. The maximum absolute atomic E-state index is 12.1. The van der Waals surface area contributed by atoms with Crippen molar-refractivity contribution in [1.82, 2.24) is 10.4 Å². The molecule has 1 aromatic carbocycles. The lowest BCUT2D eigenvalue weighted by Crippen LogP contribution is -2.52. The molecule has 0 aromatic heterocycles. The Morgan fingerprint density at radius 1 is 1.00 bits per heavy atom. The zero-order valence-corrected chi connectivity index (χ0v) is 30.0. The van der Waals surface area contributed by atoms with E-state index >= 15 is 0 Å². The Bertz CT molecular complexity index is 1030. The molecule has 254 valence electrons. The van der Waals surface area contributed by atoms with Crippen molar-refractivity contribution in [2.24, 2.45) is 16.6 Å². The minimum atomic E-state index is -0.633. The van der Waals surface area contributed by atoms with Crippen LogP contribution in [0, 0.1) is 5.92 Å². The lowest BCUT2D eigenvalue weighted by atomic mass is 9.93. The molecule has 1 fully saturated rings. The summed E-state index contributed by atoms with van der Waals surface area (Å²) in [6.45, 7) is 28.2. The number of hydrogen-bond acceptors (Lipinski definition) is 7. The van der Waals surface area contributed by atoms with Gasteiger partial charge in [0.1, 0.15) is 35.0 Å². The minimum Gasteiger partial charge on any atom is -0.487 e. The maximum Gasteiger partial charge on any atom is 0.431 e. The average Bonchev–Trinajstić information content (AvgIpc) is 2.94. The zero-order valence-electron chi connectivity index (χ0n) is 30.0. The summed E-state index contributed by atoms with van der Waals surface area (Å²) in [5.74, 6) is 1.65. The third kappa shape index (κ3) is 14.6. The van der Waals surface area contributed by atoms with E-state index in [1.165, 1.54) is 0 Å². The number of amidine groups is 1. The number of ether oxygens (including phenoxy) is 3. The van der Waals surface area contributed by atoms with Gasteiger partial charge in [0.2, 0.25) is 0 Å². The topological polar surface area (TPSA) is 125 Å². The number of rotatable bonds is 7. The number of aryl methyl sites for hydroxylation is 1. The Labute approximate surface area is 267 Å². The number of carbonyl (C=O) groups excluding carboxylic acids is 2. The fraction of sp³-hybridized carbons (Fsp3) is 0.735. The molecule has 2 amide bonds. The molecule has 3 rings (SSSR count). The molecule has 10 nitrogen and oxygen atoms in total. The molecule has 44 heavy (non-hydrogen) atoms. The second-order valence-electron chi connectivity index (χ2n) is 12.3. The summed E-state index contributed by atoms with van der Waals surface area (Å²) < 4.78 is 16.8. The molecule has 0 aliphatic carbocycles. The van der Waals surface area contributed by atoms with Gasteiger partial charge >= 0.3 is 12.2 Å². The number of likely N-dealkylation sites (tertiary alicyclic amines) is 1. The number of nitrogens with zero attached hydrogens (tertiary/aromatic N) is 2. The minimum absolute atomic E-state index is 0.0351. The van der Waals surface area contributed by atoms with Crippen molar-refractivity contribution in [2.45, 2.75) is 146 Å². The molecule has 3 N–H and O–H groups in total. The molecule has 3 unspecified atom stereocenters. The monoisotopic (exact) mass is 622 g/mol. The number of fused-ring (bicyclic) bond motifs is 1. The van der Waals surface area contributed by atoms with Crippen LogP contribution in [0.5, 0.6) is 5.75 Å². The summed E-state index contributed by atoms with van der Waals surface area (Å²) in [6.07, 6.45) is 0.911. The third-order valence-corrected chi connectivity index (χ3v) is 6.23. The van der Waals surface area contributed by atoms with Gasteiger partial charge < -0.3 is 24.8 Å². The highest BCUT2D eigenvalue weighted by molar-refractivity contribution is 5.98. The van der Waals surface area contributed by atoms with E-state index in [-0.39, 0.29) is 24.3 Å². The van der Waals surface area contributed by atoms with Gasteiger partial charge in [0.15, 0.2) is 0 Å². The van der Waals surface area contributed by atoms with E-state index < -0.39 is 17.3 Å². The summed E-state index contributed by atoms with van der Waals surface area (Å²) >= 11 is 0. The number of benzene rings is 1. The van der Waals surface area contributed by atoms with Crippen LogP contribution < -0.4 is 16.0 Å². The molecule has 1 aromatic rings. The van der Waals surface area contributed by atoms with Crippen LogP contribution in [0.2, 0.25) is 0 Å². The molecule has 2 aliphatic rings. The van der Waals surface area contributed by atoms with Crippen molar-refractivity contribution in [2.75, 3.05) is 13.1 Å². The van der Waals surface area contributed by atoms with E-state index in [1.54, 1.807) is 25.7 Å². The maximum atomic E-state index is 12.1. The number of aliphatic imine (C=N–C) groups is 1. The summed E-state index contributed by atoms with van der Waals surface area (Å²) in [5, 5.41) is 0. The SMILES string of the molecule is CC.CC.CC.CC(CC1CN(C(=O)OC(C)(C)C)C1)N=C(N)c1ccc2c(c1)CCC(C(C)ONC(=O)OC(C)(C)C)O2. The highest BCUT2D eigenvalue weighted by Crippen LogP contribution is 2.30. The average molecular weight is 623 g/mol. The number of hydroxylamine groups is 1. The molecule has 3 atom stereocenters. The number of nitrogens with two attached hydrogens (primary N) is 1. The predicted octanol–water partition coefficient (Wildman–Crippen LogP) is 7.65. The van der Waals surface area contributed by atoms with Crippen LogP contribution in [0.1, 0.15) is 121 Å². The van der Waals surface area contributed by atoms with Crippen molar-refractivity contribution in [1.29, 1.82) is 0 Å². The standard InChI is InChI=1S/C28H44N4O6.3C2H6/c1-17(13-19-15-32(16-19)26(34)37-28(6,7)8)30-24(29)21-10-12-23-20(14-21)9-11-22(35-23)18(2)38-31-25(33)36-27(3,4)5;3*1-2/h10,12,14,17-19,22H,9,11,13,15-16H2,1-8H3,(H2,29,30)(H,31,33);3*1-2H3. The Morgan fingerprint density at radius 3 is 2.11 bits per heavy atom.